The van der Waals surface area contributed by atoms with E-state index in [0.717, 1.165) is 0 Å². The maximum atomic E-state index is 11.1. The summed E-state index contributed by atoms with van der Waals surface area (Å²) in [7, 11) is 4.74. The van der Waals surface area contributed by atoms with Gasteiger partial charge in [-0.15, -0.1) is 0 Å². The van der Waals surface area contributed by atoms with Gasteiger partial charge in [0.25, 0.3) is 0 Å². The number of anilines is 1. The van der Waals surface area contributed by atoms with Crippen molar-refractivity contribution in [2.75, 3.05) is 20.0 Å². The number of halogens is 1. The summed E-state index contributed by atoms with van der Waals surface area (Å²) in [5.41, 5.74) is 7.79. The molecule has 0 atom stereocenters. The molecule has 0 aliphatic carbocycles. The summed E-state index contributed by atoms with van der Waals surface area (Å²) in [4.78, 5) is 11.1. The maximum Gasteiger partial charge on any atom is 0.171 e. The first-order chi connectivity index (χ1) is 9.54. The number of nitrogens with two attached hydrogens (primary N) is 1. The SMILES string of the molecule is COc1c(C=O)cc(Br)c(-c2cnn(C)c2N)c1OC. The summed E-state index contributed by atoms with van der Waals surface area (Å²) < 4.78 is 12.9. The summed E-state index contributed by atoms with van der Waals surface area (Å²) in [6.07, 6.45) is 2.35. The van der Waals surface area contributed by atoms with E-state index in [2.05, 4.69) is 21.0 Å². The molecule has 0 saturated carbocycles. The first-order valence-electron chi connectivity index (χ1n) is 5.72. The number of ether oxygens (including phenoxy) is 2. The van der Waals surface area contributed by atoms with Gasteiger partial charge in [0.1, 0.15) is 5.82 Å². The second-order valence-electron chi connectivity index (χ2n) is 4.07. The molecule has 1 heterocycles. The summed E-state index contributed by atoms with van der Waals surface area (Å²) in [5.74, 6) is 1.29. The van der Waals surface area contributed by atoms with Crippen LogP contribution in [0, 0.1) is 0 Å². The van der Waals surface area contributed by atoms with Crippen LogP contribution in [0.25, 0.3) is 11.1 Å². The Morgan fingerprint density at radius 1 is 1.35 bits per heavy atom. The lowest BCUT2D eigenvalue weighted by Crippen LogP contribution is -2.01. The van der Waals surface area contributed by atoms with E-state index in [9.17, 15) is 4.79 Å². The number of methoxy groups -OCH3 is 2. The predicted molar refractivity (Wildman–Crippen MR) is 79.2 cm³/mol. The van der Waals surface area contributed by atoms with Gasteiger partial charge in [0.15, 0.2) is 17.8 Å². The maximum absolute atomic E-state index is 11.1. The number of nitrogens with zero attached hydrogens (tertiary/aromatic N) is 2. The van der Waals surface area contributed by atoms with E-state index >= 15 is 0 Å². The number of hydrogen-bond acceptors (Lipinski definition) is 5. The highest BCUT2D eigenvalue weighted by Gasteiger charge is 2.22. The average molecular weight is 340 g/mol. The van der Waals surface area contributed by atoms with E-state index in [1.807, 2.05) is 0 Å². The number of benzene rings is 1. The highest BCUT2D eigenvalue weighted by Crippen LogP contribution is 2.46. The van der Waals surface area contributed by atoms with Crippen LogP contribution < -0.4 is 15.2 Å². The Kier molecular flexibility index (Phi) is 3.99. The molecule has 106 valence electrons. The fourth-order valence-corrected chi connectivity index (χ4v) is 2.65. The second kappa shape index (κ2) is 5.54. The largest absolute Gasteiger partial charge is 0.492 e. The number of aromatic nitrogens is 2. The van der Waals surface area contributed by atoms with Crippen LogP contribution in [-0.2, 0) is 7.05 Å². The van der Waals surface area contributed by atoms with E-state index in [1.165, 1.54) is 14.2 Å². The van der Waals surface area contributed by atoms with E-state index in [4.69, 9.17) is 15.2 Å². The summed E-state index contributed by atoms with van der Waals surface area (Å²) >= 11 is 3.44. The average Bonchev–Trinajstić information content (AvgIpc) is 2.77. The Bertz CT molecular complexity index is 667. The topological polar surface area (TPSA) is 79.4 Å². The standard InChI is InChI=1S/C13H14BrN3O3/c1-17-13(15)8(5-16-17)10-9(14)4-7(6-18)11(19-2)12(10)20-3/h4-6H,15H2,1-3H3. The number of nitrogen functional groups attached to an aromatic ring is 1. The Labute approximate surface area is 124 Å². The molecule has 2 aromatic rings. The summed E-state index contributed by atoms with van der Waals surface area (Å²) in [6.45, 7) is 0. The van der Waals surface area contributed by atoms with Crippen LogP contribution in [-0.4, -0.2) is 30.3 Å². The number of carbonyl (C=O) groups excluding carboxylic acids is 1. The van der Waals surface area contributed by atoms with Crippen LogP contribution in [0.4, 0.5) is 5.82 Å². The van der Waals surface area contributed by atoms with Crippen LogP contribution in [0.5, 0.6) is 11.5 Å². The summed E-state index contributed by atoms with van der Waals surface area (Å²) in [6, 6.07) is 1.66. The molecular weight excluding hydrogens is 326 g/mol. The molecule has 0 radical (unpaired) electrons. The van der Waals surface area contributed by atoms with Crippen LogP contribution in [0.2, 0.25) is 0 Å². The van der Waals surface area contributed by atoms with Crippen LogP contribution in [0.1, 0.15) is 10.4 Å². The van der Waals surface area contributed by atoms with Crippen molar-refractivity contribution >= 4 is 28.0 Å². The highest BCUT2D eigenvalue weighted by atomic mass is 79.9. The molecule has 0 amide bonds. The van der Waals surface area contributed by atoms with Gasteiger partial charge in [-0.05, 0) is 22.0 Å². The molecule has 0 unspecified atom stereocenters. The zero-order valence-corrected chi connectivity index (χ0v) is 12.9. The van der Waals surface area contributed by atoms with Gasteiger partial charge in [-0.2, -0.15) is 5.10 Å². The number of aryl methyl sites for hydroxylation is 1. The van der Waals surface area contributed by atoms with Crippen LogP contribution in [0.15, 0.2) is 16.7 Å². The molecule has 0 aliphatic rings. The van der Waals surface area contributed by atoms with Gasteiger partial charge in [0.05, 0.1) is 26.0 Å². The van der Waals surface area contributed by atoms with Gasteiger partial charge in [-0.1, -0.05) is 0 Å². The molecule has 0 saturated heterocycles. The van der Waals surface area contributed by atoms with E-state index in [0.29, 0.717) is 44.8 Å². The summed E-state index contributed by atoms with van der Waals surface area (Å²) in [5, 5.41) is 4.11. The van der Waals surface area contributed by atoms with Crippen molar-refractivity contribution in [2.24, 2.45) is 7.05 Å². The lowest BCUT2D eigenvalue weighted by Gasteiger charge is -2.16. The van der Waals surface area contributed by atoms with Crippen molar-refractivity contribution in [3.63, 3.8) is 0 Å². The van der Waals surface area contributed by atoms with E-state index in [-0.39, 0.29) is 0 Å². The third-order valence-corrected chi connectivity index (χ3v) is 3.63. The zero-order valence-electron chi connectivity index (χ0n) is 11.3. The Hall–Kier alpha value is -2.02. The normalized spacial score (nSPS) is 10.4. The Balaban J connectivity index is 2.82. The zero-order chi connectivity index (χ0) is 14.9. The first kappa shape index (κ1) is 14.4. The van der Waals surface area contributed by atoms with Crippen molar-refractivity contribution in [3.8, 4) is 22.6 Å². The monoisotopic (exact) mass is 339 g/mol. The quantitative estimate of drug-likeness (QED) is 0.864. The minimum atomic E-state index is 0.365. The van der Waals surface area contributed by atoms with Crippen LogP contribution in [0.3, 0.4) is 0 Å². The van der Waals surface area contributed by atoms with Crippen LogP contribution >= 0.6 is 15.9 Å². The molecule has 0 bridgehead atoms. The Morgan fingerprint density at radius 3 is 2.45 bits per heavy atom. The molecule has 6 nitrogen and oxygen atoms in total. The molecule has 20 heavy (non-hydrogen) atoms. The number of hydrogen-bond donors (Lipinski definition) is 1. The molecule has 1 aromatic carbocycles. The van der Waals surface area contributed by atoms with Gasteiger partial charge in [-0.25, -0.2) is 0 Å². The number of carbonyl (C=O) groups is 1. The number of rotatable bonds is 4. The lowest BCUT2D eigenvalue weighted by atomic mass is 10.0. The van der Waals surface area contributed by atoms with Crippen molar-refractivity contribution in [2.45, 2.75) is 0 Å². The van der Waals surface area contributed by atoms with E-state index in [1.54, 1.807) is 24.0 Å². The molecular formula is C13H14BrN3O3. The Morgan fingerprint density at radius 2 is 2.00 bits per heavy atom. The fraction of sp³-hybridized carbons (Fsp3) is 0.231. The lowest BCUT2D eigenvalue weighted by molar-refractivity contribution is 0.112. The highest BCUT2D eigenvalue weighted by molar-refractivity contribution is 9.10. The van der Waals surface area contributed by atoms with Gasteiger partial charge in [0, 0.05) is 22.6 Å². The minimum Gasteiger partial charge on any atom is -0.492 e. The van der Waals surface area contributed by atoms with Crippen molar-refractivity contribution in [1.29, 1.82) is 0 Å². The molecule has 0 spiro atoms. The van der Waals surface area contributed by atoms with Gasteiger partial charge in [0.2, 0.25) is 0 Å². The molecule has 0 fully saturated rings. The number of aldehydes is 1. The molecule has 1 aromatic heterocycles. The molecule has 0 aliphatic heterocycles. The predicted octanol–water partition coefficient (Wildman–Crippen LogP) is 2.26. The smallest absolute Gasteiger partial charge is 0.171 e. The minimum absolute atomic E-state index is 0.365. The van der Waals surface area contributed by atoms with E-state index < -0.39 is 0 Å². The van der Waals surface area contributed by atoms with Gasteiger partial charge in [-0.3, -0.25) is 9.48 Å². The third kappa shape index (κ3) is 2.14. The fourth-order valence-electron chi connectivity index (χ4n) is 2.01. The van der Waals surface area contributed by atoms with Crippen molar-refractivity contribution in [3.05, 3.63) is 22.3 Å². The van der Waals surface area contributed by atoms with Crippen molar-refractivity contribution < 1.29 is 14.3 Å². The third-order valence-electron chi connectivity index (χ3n) is 3.01. The molecule has 2 rings (SSSR count). The molecule has 2 N–H and O–H groups in total. The molecule has 7 heteroatoms. The second-order valence-corrected chi connectivity index (χ2v) is 4.93. The van der Waals surface area contributed by atoms with Crippen molar-refractivity contribution in [1.82, 2.24) is 9.78 Å². The van der Waals surface area contributed by atoms with Gasteiger partial charge >= 0.3 is 0 Å². The first-order valence-corrected chi connectivity index (χ1v) is 6.51. The van der Waals surface area contributed by atoms with Gasteiger partial charge < -0.3 is 15.2 Å².